The fraction of sp³-hybridized carbons (Fsp3) is 1.00. The van der Waals surface area contributed by atoms with E-state index in [2.05, 4.69) is 44.4 Å². The SMILES string of the molecule is CC1(C)CCC(N)C(CN2CCN(C(C)(C)C)CC2)C1. The molecule has 2 unspecified atom stereocenters. The molecular weight excluding hydrogens is 246 g/mol. The van der Waals surface area contributed by atoms with Crippen LogP contribution in [0.15, 0.2) is 0 Å². The Hall–Kier alpha value is -0.120. The van der Waals surface area contributed by atoms with Crippen molar-refractivity contribution in [1.82, 2.24) is 9.80 Å². The van der Waals surface area contributed by atoms with E-state index in [9.17, 15) is 0 Å². The summed E-state index contributed by atoms with van der Waals surface area (Å²) in [7, 11) is 0. The normalized spacial score (nSPS) is 33.3. The maximum Gasteiger partial charge on any atom is 0.0126 e. The largest absolute Gasteiger partial charge is 0.327 e. The van der Waals surface area contributed by atoms with Crippen molar-refractivity contribution < 1.29 is 0 Å². The fourth-order valence-corrected chi connectivity index (χ4v) is 3.89. The summed E-state index contributed by atoms with van der Waals surface area (Å²) >= 11 is 0. The third kappa shape index (κ3) is 4.19. The molecule has 2 N–H and O–H groups in total. The molecule has 20 heavy (non-hydrogen) atoms. The van der Waals surface area contributed by atoms with E-state index < -0.39 is 0 Å². The lowest BCUT2D eigenvalue weighted by molar-refractivity contribution is 0.0409. The van der Waals surface area contributed by atoms with Crippen LogP contribution in [0.3, 0.4) is 0 Å². The van der Waals surface area contributed by atoms with Crippen LogP contribution in [0.25, 0.3) is 0 Å². The first-order valence-electron chi connectivity index (χ1n) is 8.40. The Labute approximate surface area is 125 Å². The number of piperazine rings is 1. The highest BCUT2D eigenvalue weighted by Crippen LogP contribution is 2.38. The van der Waals surface area contributed by atoms with E-state index >= 15 is 0 Å². The topological polar surface area (TPSA) is 32.5 Å². The maximum atomic E-state index is 6.38. The summed E-state index contributed by atoms with van der Waals surface area (Å²) in [6.45, 7) is 17.8. The minimum atomic E-state index is 0.315. The van der Waals surface area contributed by atoms with Crippen molar-refractivity contribution in [1.29, 1.82) is 0 Å². The minimum absolute atomic E-state index is 0.315. The van der Waals surface area contributed by atoms with Crippen LogP contribution < -0.4 is 5.73 Å². The van der Waals surface area contributed by atoms with E-state index in [1.165, 1.54) is 52.0 Å². The average Bonchev–Trinajstić information content (AvgIpc) is 2.33. The van der Waals surface area contributed by atoms with Crippen molar-refractivity contribution in [3.05, 3.63) is 0 Å². The molecule has 3 nitrogen and oxygen atoms in total. The smallest absolute Gasteiger partial charge is 0.0126 e. The Bertz CT molecular complexity index is 311. The van der Waals surface area contributed by atoms with Crippen LogP contribution in [0.5, 0.6) is 0 Å². The summed E-state index contributed by atoms with van der Waals surface area (Å²) in [6.07, 6.45) is 3.80. The van der Waals surface area contributed by atoms with Crippen LogP contribution in [-0.4, -0.2) is 54.1 Å². The summed E-state index contributed by atoms with van der Waals surface area (Å²) in [5.41, 5.74) is 7.19. The molecule has 3 heteroatoms. The van der Waals surface area contributed by atoms with E-state index in [1.807, 2.05) is 0 Å². The van der Waals surface area contributed by atoms with Gasteiger partial charge in [0.1, 0.15) is 0 Å². The van der Waals surface area contributed by atoms with E-state index in [1.54, 1.807) is 0 Å². The van der Waals surface area contributed by atoms with Gasteiger partial charge >= 0.3 is 0 Å². The Morgan fingerprint density at radius 2 is 1.70 bits per heavy atom. The van der Waals surface area contributed by atoms with Gasteiger partial charge in [0.05, 0.1) is 0 Å². The van der Waals surface area contributed by atoms with Gasteiger partial charge in [0.15, 0.2) is 0 Å². The van der Waals surface area contributed by atoms with E-state index in [0.29, 0.717) is 22.9 Å². The predicted octanol–water partition coefficient (Wildman–Crippen LogP) is 2.56. The van der Waals surface area contributed by atoms with Crippen molar-refractivity contribution in [3.8, 4) is 0 Å². The zero-order chi connectivity index (χ0) is 15.0. The van der Waals surface area contributed by atoms with Gasteiger partial charge in [-0.25, -0.2) is 0 Å². The molecule has 2 fully saturated rings. The van der Waals surface area contributed by atoms with Crippen LogP contribution in [0.2, 0.25) is 0 Å². The Morgan fingerprint density at radius 3 is 2.25 bits per heavy atom. The molecule has 2 aliphatic rings. The van der Waals surface area contributed by atoms with Gasteiger partial charge in [0.2, 0.25) is 0 Å². The first kappa shape index (κ1) is 16.3. The third-order valence-electron chi connectivity index (χ3n) is 5.39. The second kappa shape index (κ2) is 5.94. The van der Waals surface area contributed by atoms with Crippen molar-refractivity contribution in [2.24, 2.45) is 17.1 Å². The molecule has 2 atom stereocenters. The van der Waals surface area contributed by atoms with Crippen molar-refractivity contribution >= 4 is 0 Å². The number of nitrogens with zero attached hydrogens (tertiary/aromatic N) is 2. The molecule has 2 rings (SSSR count). The van der Waals surface area contributed by atoms with Gasteiger partial charge in [-0.15, -0.1) is 0 Å². The standard InChI is InChI=1S/C17H35N3/c1-16(2,3)20-10-8-19(9-11-20)13-14-12-17(4,5)7-6-15(14)18/h14-15H,6-13,18H2,1-5H3. The molecule has 0 bridgehead atoms. The highest BCUT2D eigenvalue weighted by molar-refractivity contribution is 4.90. The summed E-state index contributed by atoms with van der Waals surface area (Å²) in [5.74, 6) is 0.694. The average molecular weight is 281 g/mol. The zero-order valence-corrected chi connectivity index (χ0v) is 14.3. The number of hydrogen-bond donors (Lipinski definition) is 1. The lowest BCUT2D eigenvalue weighted by Crippen LogP contribution is -2.55. The zero-order valence-electron chi connectivity index (χ0n) is 14.3. The first-order valence-corrected chi connectivity index (χ1v) is 8.40. The van der Waals surface area contributed by atoms with Crippen molar-refractivity contribution in [3.63, 3.8) is 0 Å². The molecule has 0 spiro atoms. The number of nitrogens with two attached hydrogens (primary N) is 1. The molecular formula is C17H35N3. The quantitative estimate of drug-likeness (QED) is 0.844. The Balaban J connectivity index is 1.83. The van der Waals surface area contributed by atoms with Crippen LogP contribution in [0.4, 0.5) is 0 Å². The predicted molar refractivity (Wildman–Crippen MR) is 86.9 cm³/mol. The van der Waals surface area contributed by atoms with E-state index in [-0.39, 0.29) is 0 Å². The summed E-state index contributed by atoms with van der Waals surface area (Å²) in [6, 6.07) is 0.420. The minimum Gasteiger partial charge on any atom is -0.327 e. The molecule has 1 aliphatic carbocycles. The maximum absolute atomic E-state index is 6.38. The second-order valence-electron chi connectivity index (χ2n) is 8.79. The van der Waals surface area contributed by atoms with Gasteiger partial charge in [-0.05, 0) is 51.4 Å². The molecule has 1 saturated heterocycles. The summed E-state index contributed by atoms with van der Waals surface area (Å²) in [4.78, 5) is 5.25. The second-order valence-corrected chi connectivity index (χ2v) is 8.79. The van der Waals surface area contributed by atoms with Crippen molar-refractivity contribution in [2.45, 2.75) is 65.5 Å². The molecule has 0 aromatic carbocycles. The monoisotopic (exact) mass is 281 g/mol. The van der Waals surface area contributed by atoms with Gasteiger partial charge in [-0.2, -0.15) is 0 Å². The molecule has 1 aliphatic heterocycles. The van der Waals surface area contributed by atoms with Gasteiger partial charge < -0.3 is 10.6 Å². The molecule has 1 saturated carbocycles. The lowest BCUT2D eigenvalue weighted by Gasteiger charge is -2.45. The molecule has 0 aromatic rings. The lowest BCUT2D eigenvalue weighted by atomic mass is 9.70. The highest BCUT2D eigenvalue weighted by Gasteiger charge is 2.35. The van der Waals surface area contributed by atoms with Gasteiger partial charge in [-0.1, -0.05) is 13.8 Å². The summed E-state index contributed by atoms with van der Waals surface area (Å²) in [5, 5.41) is 0. The van der Waals surface area contributed by atoms with Crippen LogP contribution in [0.1, 0.15) is 53.9 Å². The molecule has 0 aromatic heterocycles. The highest BCUT2D eigenvalue weighted by atomic mass is 15.3. The molecule has 118 valence electrons. The number of hydrogen-bond acceptors (Lipinski definition) is 3. The molecule has 0 amide bonds. The van der Waals surface area contributed by atoms with Gasteiger partial charge in [-0.3, -0.25) is 4.90 Å². The number of rotatable bonds is 2. The van der Waals surface area contributed by atoms with E-state index in [0.717, 1.165) is 0 Å². The third-order valence-corrected chi connectivity index (χ3v) is 5.39. The first-order chi connectivity index (χ1) is 9.17. The van der Waals surface area contributed by atoms with Crippen LogP contribution in [0, 0.1) is 11.3 Å². The summed E-state index contributed by atoms with van der Waals surface area (Å²) < 4.78 is 0. The molecule has 1 heterocycles. The van der Waals surface area contributed by atoms with Gasteiger partial charge in [0, 0.05) is 44.3 Å². The Kier molecular flexibility index (Phi) is 4.83. The van der Waals surface area contributed by atoms with Crippen LogP contribution in [-0.2, 0) is 0 Å². The van der Waals surface area contributed by atoms with Crippen molar-refractivity contribution in [2.75, 3.05) is 32.7 Å². The van der Waals surface area contributed by atoms with E-state index in [4.69, 9.17) is 5.73 Å². The fourth-order valence-electron chi connectivity index (χ4n) is 3.89. The van der Waals surface area contributed by atoms with Crippen LogP contribution >= 0.6 is 0 Å². The molecule has 0 radical (unpaired) electrons. The Morgan fingerprint density at radius 1 is 1.10 bits per heavy atom. The van der Waals surface area contributed by atoms with Gasteiger partial charge in [0.25, 0.3) is 0 Å².